The number of carbonyl (C=O) groups excluding carboxylic acids is 3. The zero-order chi connectivity index (χ0) is 35.6. The van der Waals surface area contributed by atoms with Gasteiger partial charge in [-0.2, -0.15) is 0 Å². The minimum atomic E-state index is -1.15. The van der Waals surface area contributed by atoms with E-state index in [1.807, 2.05) is 39.8 Å². The van der Waals surface area contributed by atoms with Crippen molar-refractivity contribution in [2.45, 2.75) is 153 Å². The highest BCUT2D eigenvalue weighted by Gasteiger charge is 2.55. The second-order valence-electron chi connectivity index (χ2n) is 15.4. The number of methoxy groups -OCH3 is 1. The van der Waals surface area contributed by atoms with Crippen LogP contribution in [0.15, 0.2) is 0 Å². The van der Waals surface area contributed by atoms with Gasteiger partial charge < -0.3 is 49.6 Å². The Kier molecular flexibility index (Phi) is 13.0. The Morgan fingerprint density at radius 2 is 1.79 bits per heavy atom. The van der Waals surface area contributed by atoms with Crippen LogP contribution >= 0.6 is 0 Å². The number of nitrogens with one attached hydrogen (secondary N) is 3. The van der Waals surface area contributed by atoms with Gasteiger partial charge in [0.25, 0.3) is 0 Å². The number of likely N-dealkylation sites (N-methyl/N-ethyl adjacent to an activating group) is 1. The van der Waals surface area contributed by atoms with Crippen molar-refractivity contribution in [3.63, 3.8) is 0 Å². The maximum Gasteiger partial charge on any atom is 0.408 e. The van der Waals surface area contributed by atoms with E-state index >= 15 is 0 Å². The van der Waals surface area contributed by atoms with Gasteiger partial charge in [-0.1, -0.05) is 27.2 Å². The van der Waals surface area contributed by atoms with Crippen molar-refractivity contribution in [3.8, 4) is 0 Å². The van der Waals surface area contributed by atoms with Crippen LogP contribution in [0.3, 0.4) is 0 Å². The largest absolute Gasteiger partial charge is 0.458 e. The van der Waals surface area contributed by atoms with E-state index in [9.17, 15) is 19.5 Å². The lowest BCUT2D eigenvalue weighted by Crippen LogP contribution is -2.60. The molecule has 3 heterocycles. The molecule has 13 heteroatoms. The number of aliphatic hydroxyl groups is 1. The molecule has 4 fully saturated rings. The number of amides is 1. The molecule has 4 rings (SSSR count). The van der Waals surface area contributed by atoms with Crippen molar-refractivity contribution in [1.82, 2.24) is 20.9 Å². The molecule has 1 amide bonds. The van der Waals surface area contributed by atoms with Gasteiger partial charge in [0.2, 0.25) is 0 Å². The Hall–Kier alpha value is -1.87. The summed E-state index contributed by atoms with van der Waals surface area (Å²) >= 11 is 0. The van der Waals surface area contributed by atoms with Crippen LogP contribution in [0.4, 0.5) is 4.79 Å². The monoisotopic (exact) mass is 682 g/mol. The molecular weight excluding hydrogens is 620 g/mol. The molecule has 0 spiro atoms. The van der Waals surface area contributed by atoms with Crippen molar-refractivity contribution in [2.75, 3.05) is 34.3 Å². The number of aliphatic hydroxyl groups excluding tert-OH is 1. The lowest BCUT2D eigenvalue weighted by Gasteiger charge is -2.47. The smallest absolute Gasteiger partial charge is 0.408 e. The summed E-state index contributed by atoms with van der Waals surface area (Å²) in [5, 5.41) is 21.6. The predicted molar refractivity (Wildman–Crippen MR) is 179 cm³/mol. The summed E-state index contributed by atoms with van der Waals surface area (Å²) in [6.45, 7) is 14.1. The summed E-state index contributed by atoms with van der Waals surface area (Å²) < 4.78 is 31.2. The number of ether oxygens (including phenoxy) is 5. The summed E-state index contributed by atoms with van der Waals surface area (Å²) in [7, 11) is 5.45. The van der Waals surface area contributed by atoms with Crippen LogP contribution in [0.25, 0.3) is 0 Å². The van der Waals surface area contributed by atoms with Gasteiger partial charge >= 0.3 is 12.1 Å². The average molecular weight is 683 g/mol. The van der Waals surface area contributed by atoms with E-state index in [0.29, 0.717) is 38.4 Å². The first-order chi connectivity index (χ1) is 22.5. The standard InChI is InChI=1S/C35H62N4O9/c1-11-26-35(7)29(38-33(43)48-35)22(5)36-17-19(2)16-34(6,44-10)30(20(3)27(40)21(4)31(42)46-26)47-32-28(41)25(39(8)9)15-24(45-32)18-37-23-13-12-14-23/h19-26,28-30,32,36-37,41H,11-18H2,1-10H3,(H,38,43)/t19-,20+,21-,22-,24+,25?,26-,28?,29-,30-,32+,34-,35-/m1/s1. The number of fused-ring (bicyclic) bond motifs is 1. The Balaban J connectivity index is 1.66. The number of carbonyl (C=O) groups is 3. The lowest BCUT2D eigenvalue weighted by atomic mass is 9.78. The zero-order valence-electron chi connectivity index (χ0n) is 30.7. The summed E-state index contributed by atoms with van der Waals surface area (Å²) in [4.78, 5) is 42.3. The molecular formula is C35H62N4O9. The van der Waals surface area contributed by atoms with Crippen molar-refractivity contribution < 1.29 is 43.2 Å². The normalized spacial score (nSPS) is 43.8. The van der Waals surface area contributed by atoms with Gasteiger partial charge in [0.05, 0.1) is 23.9 Å². The molecule has 1 aliphatic carbocycles. The Morgan fingerprint density at radius 1 is 1.10 bits per heavy atom. The number of Topliss-reactive ketones (excluding diaryl/α,β-unsaturated/α-hetero) is 1. The van der Waals surface area contributed by atoms with Gasteiger partial charge in [-0.15, -0.1) is 0 Å². The van der Waals surface area contributed by atoms with Gasteiger partial charge in [0.15, 0.2) is 17.7 Å². The Morgan fingerprint density at radius 3 is 2.38 bits per heavy atom. The maximum atomic E-state index is 14.2. The molecule has 0 bridgehead atoms. The summed E-state index contributed by atoms with van der Waals surface area (Å²) in [6, 6.07) is -0.477. The van der Waals surface area contributed by atoms with Gasteiger partial charge in [-0.3, -0.25) is 9.59 Å². The van der Waals surface area contributed by atoms with Gasteiger partial charge in [0.1, 0.15) is 18.1 Å². The second kappa shape index (κ2) is 16.0. The molecule has 3 aliphatic heterocycles. The van der Waals surface area contributed by atoms with E-state index in [4.69, 9.17) is 23.7 Å². The van der Waals surface area contributed by atoms with Crippen LogP contribution in [0, 0.1) is 17.8 Å². The first-order valence-corrected chi connectivity index (χ1v) is 18.0. The molecule has 0 aromatic carbocycles. The first-order valence-electron chi connectivity index (χ1n) is 18.0. The molecule has 13 atom stereocenters. The molecule has 0 aromatic rings. The van der Waals surface area contributed by atoms with Crippen molar-refractivity contribution in [1.29, 1.82) is 0 Å². The summed E-state index contributed by atoms with van der Waals surface area (Å²) in [5.41, 5.74) is -2.16. The minimum Gasteiger partial charge on any atom is -0.458 e. The SMILES string of the molecule is CC[C@H]1OC(=O)[C@H](C)C(=O)[C@H](C)[C@@H](O[C@@H]2O[C@H](CNC3CCC3)CC(N(C)C)C2O)[C@](C)(OC)C[C@@H](C)CN[C@H](C)[C@H]2NC(=O)O[C@@]21C. The predicted octanol–water partition coefficient (Wildman–Crippen LogP) is 2.37. The van der Waals surface area contributed by atoms with E-state index in [0.717, 1.165) is 12.8 Å². The van der Waals surface area contributed by atoms with Crippen LogP contribution in [0.2, 0.25) is 0 Å². The number of nitrogens with zero attached hydrogens (tertiary/aromatic N) is 1. The van der Waals surface area contributed by atoms with Crippen molar-refractivity contribution in [2.24, 2.45) is 17.8 Å². The van der Waals surface area contributed by atoms with E-state index in [1.54, 1.807) is 21.0 Å². The molecule has 1 saturated carbocycles. The van der Waals surface area contributed by atoms with Crippen LogP contribution < -0.4 is 16.0 Å². The molecule has 4 N–H and O–H groups in total. The number of cyclic esters (lactones) is 1. The Bertz CT molecular complexity index is 1120. The molecule has 276 valence electrons. The quantitative estimate of drug-likeness (QED) is 0.219. The van der Waals surface area contributed by atoms with Gasteiger partial charge in [-0.05, 0) is 86.4 Å². The van der Waals surface area contributed by atoms with Crippen LogP contribution in [0.1, 0.15) is 87.0 Å². The number of alkyl carbamates (subject to hydrolysis) is 1. The molecule has 13 nitrogen and oxygen atoms in total. The highest BCUT2D eigenvalue weighted by Crippen LogP contribution is 2.38. The molecule has 4 aliphatic rings. The zero-order valence-corrected chi connectivity index (χ0v) is 30.7. The third-order valence-corrected chi connectivity index (χ3v) is 11.5. The Labute approximate surface area is 286 Å². The molecule has 0 aromatic heterocycles. The third kappa shape index (κ3) is 8.35. The fourth-order valence-corrected chi connectivity index (χ4v) is 8.06. The number of rotatable bonds is 8. The van der Waals surface area contributed by atoms with E-state index in [1.165, 1.54) is 13.3 Å². The highest BCUT2D eigenvalue weighted by atomic mass is 16.7. The lowest BCUT2D eigenvalue weighted by molar-refractivity contribution is -0.297. The van der Waals surface area contributed by atoms with Crippen molar-refractivity contribution in [3.05, 3.63) is 0 Å². The number of ketones is 1. The maximum absolute atomic E-state index is 14.2. The van der Waals surface area contributed by atoms with Crippen molar-refractivity contribution >= 4 is 17.8 Å². The molecule has 2 unspecified atom stereocenters. The van der Waals surface area contributed by atoms with E-state index in [2.05, 4.69) is 22.9 Å². The number of hydrogen-bond acceptors (Lipinski definition) is 12. The molecule has 48 heavy (non-hydrogen) atoms. The fraction of sp³-hybridized carbons (Fsp3) is 0.914. The number of hydrogen-bond donors (Lipinski definition) is 4. The second-order valence-corrected chi connectivity index (χ2v) is 15.4. The van der Waals surface area contributed by atoms with Crippen LogP contribution in [0.5, 0.6) is 0 Å². The molecule has 3 saturated heterocycles. The highest BCUT2D eigenvalue weighted by molar-refractivity contribution is 6.00. The van der Waals surface area contributed by atoms with Crippen LogP contribution in [-0.4, -0.2) is 128 Å². The average Bonchev–Trinajstić information content (AvgIpc) is 3.33. The topological polar surface area (TPSA) is 157 Å². The molecule has 0 radical (unpaired) electrons. The summed E-state index contributed by atoms with van der Waals surface area (Å²) in [5.74, 6) is -3.02. The van der Waals surface area contributed by atoms with Gasteiger partial charge in [0, 0.05) is 37.7 Å². The van der Waals surface area contributed by atoms with Crippen LogP contribution in [-0.2, 0) is 33.3 Å². The number of esters is 1. The van der Waals surface area contributed by atoms with E-state index in [-0.39, 0.29) is 29.9 Å². The van der Waals surface area contributed by atoms with E-state index < -0.39 is 65.7 Å². The summed E-state index contributed by atoms with van der Waals surface area (Å²) in [6.07, 6.45) is 0.538. The fourth-order valence-electron chi connectivity index (χ4n) is 8.06. The third-order valence-electron chi connectivity index (χ3n) is 11.5. The minimum absolute atomic E-state index is 0.0311. The van der Waals surface area contributed by atoms with Gasteiger partial charge in [-0.25, -0.2) is 4.79 Å². The first kappa shape index (κ1) is 38.9.